The summed E-state index contributed by atoms with van der Waals surface area (Å²) in [6, 6.07) is 16.0. The van der Waals surface area contributed by atoms with Crippen LogP contribution in [0.15, 0.2) is 59.6 Å². The number of nitrogens with zero attached hydrogens (tertiary/aromatic N) is 3. The molecule has 0 radical (unpaired) electrons. The fourth-order valence-corrected chi connectivity index (χ4v) is 6.41. The Kier molecular flexibility index (Phi) is 5.84. The molecule has 7 nitrogen and oxygen atoms in total. The first-order chi connectivity index (χ1) is 15.6. The number of anilines is 1. The van der Waals surface area contributed by atoms with Crippen molar-refractivity contribution in [2.75, 3.05) is 51.3 Å². The number of piperazine rings is 1. The maximum atomic E-state index is 13.5. The van der Waals surface area contributed by atoms with Crippen LogP contribution in [0.5, 0.6) is 5.75 Å². The van der Waals surface area contributed by atoms with Crippen molar-refractivity contribution in [1.29, 1.82) is 0 Å². The monoisotopic (exact) mass is 454 g/mol. The number of hydrogen-bond donors (Lipinski definition) is 1. The van der Waals surface area contributed by atoms with E-state index in [1.165, 1.54) is 10.9 Å². The third-order valence-corrected chi connectivity index (χ3v) is 8.59. The Balaban J connectivity index is 1.35. The van der Waals surface area contributed by atoms with Crippen LogP contribution in [0.25, 0.3) is 10.9 Å². The van der Waals surface area contributed by atoms with Crippen LogP contribution in [-0.2, 0) is 10.0 Å². The second-order valence-electron chi connectivity index (χ2n) is 8.49. The Bertz CT molecular complexity index is 1190. The summed E-state index contributed by atoms with van der Waals surface area (Å²) >= 11 is 0. The van der Waals surface area contributed by atoms with Crippen molar-refractivity contribution in [1.82, 2.24) is 14.2 Å². The SMILES string of the molecule is COc1ccc(S(=O)(=O)N2CCC(n3ccc4ccccc43)CC2)cc1N1CCNCC1. The normalized spacial score (nSPS) is 18.8. The topological polar surface area (TPSA) is 66.8 Å². The molecule has 5 rings (SSSR count). The van der Waals surface area contributed by atoms with Crippen LogP contribution in [0.3, 0.4) is 0 Å². The lowest BCUT2D eigenvalue weighted by Crippen LogP contribution is -2.43. The fourth-order valence-electron chi connectivity index (χ4n) is 4.92. The van der Waals surface area contributed by atoms with Gasteiger partial charge in [-0.1, -0.05) is 18.2 Å². The lowest BCUT2D eigenvalue weighted by Gasteiger charge is -2.33. The van der Waals surface area contributed by atoms with Crippen molar-refractivity contribution in [3.63, 3.8) is 0 Å². The van der Waals surface area contributed by atoms with Crippen LogP contribution in [0.2, 0.25) is 0 Å². The van der Waals surface area contributed by atoms with Crippen molar-refractivity contribution in [3.05, 3.63) is 54.7 Å². The molecule has 8 heteroatoms. The molecule has 0 bridgehead atoms. The van der Waals surface area contributed by atoms with E-state index in [1.54, 1.807) is 29.6 Å². The summed E-state index contributed by atoms with van der Waals surface area (Å²) in [5, 5.41) is 4.56. The fraction of sp³-hybridized carbons (Fsp3) is 0.417. The summed E-state index contributed by atoms with van der Waals surface area (Å²) in [6.45, 7) is 4.46. The minimum Gasteiger partial charge on any atom is -0.495 e. The van der Waals surface area contributed by atoms with Crippen LogP contribution in [-0.4, -0.2) is 63.7 Å². The van der Waals surface area contributed by atoms with Gasteiger partial charge in [-0.05, 0) is 48.6 Å². The van der Waals surface area contributed by atoms with E-state index in [1.807, 2.05) is 6.07 Å². The number of benzene rings is 2. The molecule has 0 unspecified atom stereocenters. The Hall–Kier alpha value is -2.55. The van der Waals surface area contributed by atoms with E-state index >= 15 is 0 Å². The summed E-state index contributed by atoms with van der Waals surface area (Å²) in [5.74, 6) is 0.712. The van der Waals surface area contributed by atoms with Gasteiger partial charge in [-0.2, -0.15) is 4.31 Å². The van der Waals surface area contributed by atoms with Gasteiger partial charge < -0.3 is 19.5 Å². The minimum absolute atomic E-state index is 0.314. The zero-order valence-electron chi connectivity index (χ0n) is 18.4. The van der Waals surface area contributed by atoms with Gasteiger partial charge in [0.1, 0.15) is 5.75 Å². The minimum atomic E-state index is -3.56. The molecule has 3 aromatic rings. The van der Waals surface area contributed by atoms with E-state index in [0.29, 0.717) is 29.8 Å². The van der Waals surface area contributed by atoms with E-state index in [0.717, 1.165) is 44.7 Å². The summed E-state index contributed by atoms with van der Waals surface area (Å²) in [7, 11) is -1.93. The van der Waals surface area contributed by atoms with Crippen LogP contribution in [0.1, 0.15) is 18.9 Å². The number of ether oxygens (including phenoxy) is 1. The highest BCUT2D eigenvalue weighted by Gasteiger charge is 2.31. The zero-order chi connectivity index (χ0) is 22.1. The van der Waals surface area contributed by atoms with Gasteiger partial charge in [0.2, 0.25) is 10.0 Å². The van der Waals surface area contributed by atoms with Gasteiger partial charge >= 0.3 is 0 Å². The second-order valence-corrected chi connectivity index (χ2v) is 10.4. The molecule has 0 aliphatic carbocycles. The van der Waals surface area contributed by atoms with E-state index in [4.69, 9.17) is 4.74 Å². The highest BCUT2D eigenvalue weighted by molar-refractivity contribution is 7.89. The quantitative estimate of drug-likeness (QED) is 0.642. The predicted molar refractivity (Wildman–Crippen MR) is 127 cm³/mol. The van der Waals surface area contributed by atoms with E-state index in [-0.39, 0.29) is 0 Å². The third kappa shape index (κ3) is 3.87. The third-order valence-electron chi connectivity index (χ3n) is 6.69. The van der Waals surface area contributed by atoms with E-state index in [2.05, 4.69) is 45.2 Å². The smallest absolute Gasteiger partial charge is 0.243 e. The molecule has 0 atom stereocenters. The Morgan fingerprint density at radius 1 is 0.969 bits per heavy atom. The highest BCUT2D eigenvalue weighted by atomic mass is 32.2. The van der Waals surface area contributed by atoms with Crippen molar-refractivity contribution < 1.29 is 13.2 Å². The predicted octanol–water partition coefficient (Wildman–Crippen LogP) is 3.09. The standard InChI is InChI=1S/C24H30N4O3S/c1-31-24-7-6-21(18-23(24)26-16-11-25-12-17-26)32(29,30)27-13-9-20(10-14-27)28-15-8-19-4-2-3-5-22(19)28/h2-8,15,18,20,25H,9-14,16-17H2,1H3. The number of piperidine rings is 1. The van der Waals surface area contributed by atoms with Crippen LogP contribution >= 0.6 is 0 Å². The largest absolute Gasteiger partial charge is 0.495 e. The first-order valence-corrected chi connectivity index (χ1v) is 12.7. The van der Waals surface area contributed by atoms with Crippen molar-refractivity contribution in [2.45, 2.75) is 23.8 Å². The maximum Gasteiger partial charge on any atom is 0.243 e. The van der Waals surface area contributed by atoms with Crippen molar-refractivity contribution in [3.8, 4) is 5.75 Å². The van der Waals surface area contributed by atoms with Gasteiger partial charge in [0.15, 0.2) is 0 Å². The van der Waals surface area contributed by atoms with Gasteiger partial charge in [-0.3, -0.25) is 0 Å². The van der Waals surface area contributed by atoms with Gasteiger partial charge in [0.25, 0.3) is 0 Å². The second kappa shape index (κ2) is 8.77. The Morgan fingerprint density at radius 2 is 1.72 bits per heavy atom. The molecule has 2 fully saturated rings. The maximum absolute atomic E-state index is 13.5. The molecular formula is C24H30N4O3S. The number of rotatable bonds is 5. The number of fused-ring (bicyclic) bond motifs is 1. The molecule has 1 aromatic heterocycles. The average molecular weight is 455 g/mol. The first-order valence-electron chi connectivity index (χ1n) is 11.3. The van der Waals surface area contributed by atoms with Gasteiger partial charge in [-0.15, -0.1) is 0 Å². The van der Waals surface area contributed by atoms with Gasteiger partial charge in [0, 0.05) is 57.0 Å². The molecule has 0 amide bonds. The van der Waals surface area contributed by atoms with E-state index in [9.17, 15) is 8.42 Å². The molecule has 0 saturated carbocycles. The first kappa shape index (κ1) is 21.3. The molecular weight excluding hydrogens is 424 g/mol. The molecule has 32 heavy (non-hydrogen) atoms. The van der Waals surface area contributed by atoms with Gasteiger partial charge in [0.05, 0.1) is 17.7 Å². The number of methoxy groups -OCH3 is 1. The van der Waals surface area contributed by atoms with Crippen molar-refractivity contribution >= 4 is 26.6 Å². The molecule has 170 valence electrons. The Labute approximate surface area is 189 Å². The molecule has 2 aromatic carbocycles. The molecule has 2 aliphatic heterocycles. The number of nitrogens with one attached hydrogen (secondary N) is 1. The molecule has 2 aliphatic rings. The van der Waals surface area contributed by atoms with Crippen molar-refractivity contribution in [2.24, 2.45) is 0 Å². The number of sulfonamides is 1. The summed E-state index contributed by atoms with van der Waals surface area (Å²) in [6.07, 6.45) is 3.74. The number of para-hydroxylation sites is 1. The van der Waals surface area contributed by atoms with Crippen LogP contribution in [0.4, 0.5) is 5.69 Å². The molecule has 0 spiro atoms. The summed E-state index contributed by atoms with van der Waals surface area (Å²) in [4.78, 5) is 2.54. The lowest BCUT2D eigenvalue weighted by molar-refractivity contribution is 0.278. The molecule has 3 heterocycles. The van der Waals surface area contributed by atoms with Crippen LogP contribution < -0.4 is 15.0 Å². The molecule has 1 N–H and O–H groups in total. The highest BCUT2D eigenvalue weighted by Crippen LogP contribution is 2.34. The average Bonchev–Trinajstić information content (AvgIpc) is 3.28. The molecule has 2 saturated heterocycles. The van der Waals surface area contributed by atoms with E-state index < -0.39 is 10.0 Å². The zero-order valence-corrected chi connectivity index (χ0v) is 19.2. The summed E-state index contributed by atoms with van der Waals surface area (Å²) < 4.78 is 36.4. The number of aromatic nitrogens is 1. The lowest BCUT2D eigenvalue weighted by atomic mass is 10.1. The van der Waals surface area contributed by atoms with Gasteiger partial charge in [-0.25, -0.2) is 8.42 Å². The Morgan fingerprint density at radius 3 is 2.47 bits per heavy atom. The van der Waals surface area contributed by atoms with Crippen LogP contribution in [0, 0.1) is 0 Å². The summed E-state index contributed by atoms with van der Waals surface area (Å²) in [5.41, 5.74) is 2.06. The number of hydrogen-bond acceptors (Lipinski definition) is 5.